The van der Waals surface area contributed by atoms with Gasteiger partial charge in [0.15, 0.2) is 0 Å². The quantitative estimate of drug-likeness (QED) is 0.801. The molecule has 0 fully saturated rings. The zero-order valence-electron chi connectivity index (χ0n) is 12.0. The van der Waals surface area contributed by atoms with Gasteiger partial charge in [-0.25, -0.2) is 0 Å². The zero-order chi connectivity index (χ0) is 15.1. The van der Waals surface area contributed by atoms with Crippen LogP contribution in [0.25, 0.3) is 0 Å². The van der Waals surface area contributed by atoms with Crippen LogP contribution in [-0.2, 0) is 11.2 Å². The molecular weight excluding hydrogens is 266 g/mol. The summed E-state index contributed by atoms with van der Waals surface area (Å²) in [5, 5.41) is 12.0. The number of hydrogen-bond donors (Lipinski definition) is 2. The molecular formula is C17H19NO3. The van der Waals surface area contributed by atoms with Crippen LogP contribution >= 0.6 is 0 Å². The van der Waals surface area contributed by atoms with Crippen LogP contribution in [0, 0.1) is 6.92 Å². The number of aromatic hydroxyl groups is 1. The molecule has 0 saturated carbocycles. The number of nitrogens with one attached hydrogen (secondary N) is 1. The number of aryl methyl sites for hydroxylation is 1. The maximum Gasteiger partial charge on any atom is 0.224 e. The van der Waals surface area contributed by atoms with E-state index in [9.17, 15) is 9.90 Å². The summed E-state index contributed by atoms with van der Waals surface area (Å²) < 4.78 is 5.53. The molecule has 0 radical (unpaired) electrons. The molecule has 0 spiro atoms. The molecule has 110 valence electrons. The van der Waals surface area contributed by atoms with E-state index in [1.165, 1.54) is 5.56 Å². The Balaban J connectivity index is 1.67. The van der Waals surface area contributed by atoms with Gasteiger partial charge < -0.3 is 15.2 Å². The fraction of sp³-hybridized carbons (Fsp3) is 0.235. The fourth-order valence-corrected chi connectivity index (χ4v) is 1.86. The smallest absolute Gasteiger partial charge is 0.224 e. The van der Waals surface area contributed by atoms with Crippen molar-refractivity contribution in [3.8, 4) is 11.5 Å². The number of phenols is 1. The largest absolute Gasteiger partial charge is 0.508 e. The third-order valence-electron chi connectivity index (χ3n) is 3.01. The maximum absolute atomic E-state index is 11.7. The van der Waals surface area contributed by atoms with Gasteiger partial charge in [0.25, 0.3) is 0 Å². The molecule has 0 saturated heterocycles. The molecule has 0 heterocycles. The second-order valence-corrected chi connectivity index (χ2v) is 4.85. The van der Waals surface area contributed by atoms with Gasteiger partial charge in [-0.15, -0.1) is 0 Å². The zero-order valence-corrected chi connectivity index (χ0v) is 12.0. The van der Waals surface area contributed by atoms with Gasteiger partial charge in [0.1, 0.15) is 18.1 Å². The summed E-state index contributed by atoms with van der Waals surface area (Å²) in [6, 6.07) is 14.4. The van der Waals surface area contributed by atoms with Crippen LogP contribution in [0.5, 0.6) is 11.5 Å². The molecule has 2 N–H and O–H groups in total. The van der Waals surface area contributed by atoms with Crippen molar-refractivity contribution in [2.75, 3.05) is 13.2 Å². The van der Waals surface area contributed by atoms with Crippen LogP contribution in [0.1, 0.15) is 11.1 Å². The molecule has 2 rings (SSSR count). The first-order chi connectivity index (χ1) is 10.1. The van der Waals surface area contributed by atoms with Crippen LogP contribution < -0.4 is 10.1 Å². The Kier molecular flexibility index (Phi) is 5.21. The number of carbonyl (C=O) groups excluding carboxylic acids is 1. The van der Waals surface area contributed by atoms with E-state index in [1.807, 2.05) is 31.2 Å². The summed E-state index contributed by atoms with van der Waals surface area (Å²) in [6.45, 7) is 2.92. The first-order valence-electron chi connectivity index (χ1n) is 6.87. The molecule has 4 heteroatoms. The number of phenolic OH excluding ortho intramolecular Hbond substituents is 1. The van der Waals surface area contributed by atoms with E-state index in [0.29, 0.717) is 19.6 Å². The lowest BCUT2D eigenvalue weighted by molar-refractivity contribution is -0.120. The summed E-state index contributed by atoms with van der Waals surface area (Å²) in [5.74, 6) is 0.937. The standard InChI is InChI=1S/C17H19NO3/c1-13-2-8-16(9-3-13)21-11-10-18-17(20)12-14-4-6-15(19)7-5-14/h2-9,19H,10-12H2,1H3,(H,18,20). The van der Waals surface area contributed by atoms with Crippen molar-refractivity contribution >= 4 is 5.91 Å². The predicted molar refractivity (Wildman–Crippen MR) is 81.5 cm³/mol. The molecule has 0 aliphatic carbocycles. The van der Waals surface area contributed by atoms with Gasteiger partial charge in [-0.1, -0.05) is 29.8 Å². The second kappa shape index (κ2) is 7.33. The minimum Gasteiger partial charge on any atom is -0.508 e. The summed E-state index contributed by atoms with van der Waals surface area (Å²) in [4.78, 5) is 11.7. The summed E-state index contributed by atoms with van der Waals surface area (Å²) in [6.07, 6.45) is 0.296. The number of benzene rings is 2. The Morgan fingerprint density at radius 1 is 1.10 bits per heavy atom. The lowest BCUT2D eigenvalue weighted by atomic mass is 10.1. The first-order valence-corrected chi connectivity index (χ1v) is 6.87. The number of amides is 1. The van der Waals surface area contributed by atoms with E-state index < -0.39 is 0 Å². The van der Waals surface area contributed by atoms with Gasteiger partial charge >= 0.3 is 0 Å². The van der Waals surface area contributed by atoms with E-state index in [-0.39, 0.29) is 11.7 Å². The van der Waals surface area contributed by atoms with Crippen LogP contribution in [-0.4, -0.2) is 24.2 Å². The SMILES string of the molecule is Cc1ccc(OCCNC(=O)Cc2ccc(O)cc2)cc1. The van der Waals surface area contributed by atoms with Gasteiger partial charge in [0.05, 0.1) is 13.0 Å². The highest BCUT2D eigenvalue weighted by molar-refractivity contribution is 5.78. The number of ether oxygens (including phenoxy) is 1. The minimum atomic E-state index is -0.0619. The molecule has 4 nitrogen and oxygen atoms in total. The molecule has 0 atom stereocenters. The molecule has 0 aromatic heterocycles. The van der Waals surface area contributed by atoms with Gasteiger partial charge in [0, 0.05) is 0 Å². The Hall–Kier alpha value is -2.49. The topological polar surface area (TPSA) is 58.6 Å². The van der Waals surface area contributed by atoms with Crippen LogP contribution in [0.15, 0.2) is 48.5 Å². The normalized spacial score (nSPS) is 10.1. The third kappa shape index (κ3) is 5.18. The van der Waals surface area contributed by atoms with Crippen LogP contribution in [0.3, 0.4) is 0 Å². The molecule has 1 amide bonds. The molecule has 2 aromatic rings. The molecule has 0 unspecified atom stereocenters. The van der Waals surface area contributed by atoms with E-state index in [2.05, 4.69) is 5.32 Å². The predicted octanol–water partition coefficient (Wildman–Crippen LogP) is 2.44. The van der Waals surface area contributed by atoms with E-state index in [0.717, 1.165) is 11.3 Å². The second-order valence-electron chi connectivity index (χ2n) is 4.85. The highest BCUT2D eigenvalue weighted by Gasteiger charge is 2.03. The minimum absolute atomic E-state index is 0.0619. The van der Waals surface area contributed by atoms with E-state index in [1.54, 1.807) is 24.3 Å². The first kappa shape index (κ1) is 14.9. The molecule has 2 aromatic carbocycles. The number of hydrogen-bond acceptors (Lipinski definition) is 3. The van der Waals surface area contributed by atoms with E-state index >= 15 is 0 Å². The lowest BCUT2D eigenvalue weighted by Gasteiger charge is -2.08. The summed E-state index contributed by atoms with van der Waals surface area (Å²) in [7, 11) is 0. The van der Waals surface area contributed by atoms with Crippen molar-refractivity contribution in [2.24, 2.45) is 0 Å². The van der Waals surface area contributed by atoms with Crippen LogP contribution in [0.4, 0.5) is 0 Å². The number of carbonyl (C=O) groups is 1. The Morgan fingerprint density at radius 3 is 2.43 bits per heavy atom. The molecule has 0 bridgehead atoms. The Labute approximate surface area is 124 Å². The molecule has 0 aliphatic heterocycles. The van der Waals surface area contributed by atoms with Crippen molar-refractivity contribution < 1.29 is 14.6 Å². The van der Waals surface area contributed by atoms with Gasteiger partial charge in [0.2, 0.25) is 5.91 Å². The highest BCUT2D eigenvalue weighted by Crippen LogP contribution is 2.11. The van der Waals surface area contributed by atoms with E-state index in [4.69, 9.17) is 4.74 Å². The molecule has 21 heavy (non-hydrogen) atoms. The van der Waals surface area contributed by atoms with Crippen molar-refractivity contribution in [2.45, 2.75) is 13.3 Å². The Morgan fingerprint density at radius 2 is 1.76 bits per heavy atom. The van der Waals surface area contributed by atoms with Crippen molar-refractivity contribution in [1.82, 2.24) is 5.32 Å². The van der Waals surface area contributed by atoms with Gasteiger partial charge in [-0.3, -0.25) is 4.79 Å². The average Bonchev–Trinajstić information content (AvgIpc) is 2.48. The van der Waals surface area contributed by atoms with Gasteiger partial charge in [-0.05, 0) is 36.8 Å². The van der Waals surface area contributed by atoms with Crippen LogP contribution in [0.2, 0.25) is 0 Å². The summed E-state index contributed by atoms with van der Waals surface area (Å²) in [5.41, 5.74) is 2.05. The van der Waals surface area contributed by atoms with Crippen molar-refractivity contribution in [3.63, 3.8) is 0 Å². The lowest BCUT2D eigenvalue weighted by Crippen LogP contribution is -2.29. The highest BCUT2D eigenvalue weighted by atomic mass is 16.5. The third-order valence-corrected chi connectivity index (χ3v) is 3.01. The monoisotopic (exact) mass is 285 g/mol. The van der Waals surface area contributed by atoms with Gasteiger partial charge in [-0.2, -0.15) is 0 Å². The maximum atomic E-state index is 11.7. The fourth-order valence-electron chi connectivity index (χ4n) is 1.86. The number of rotatable bonds is 6. The average molecular weight is 285 g/mol. The van der Waals surface area contributed by atoms with Crippen molar-refractivity contribution in [3.05, 3.63) is 59.7 Å². The van der Waals surface area contributed by atoms with Crippen molar-refractivity contribution in [1.29, 1.82) is 0 Å². The Bertz CT molecular complexity index is 576. The molecule has 0 aliphatic rings. The summed E-state index contributed by atoms with van der Waals surface area (Å²) >= 11 is 0.